The number of fused-ring (bicyclic) bond motifs is 1. The summed E-state index contributed by atoms with van der Waals surface area (Å²) >= 11 is 0. The Kier molecular flexibility index (Phi) is 5.54. The van der Waals surface area contributed by atoms with Crippen molar-refractivity contribution in [2.75, 3.05) is 0 Å². The Morgan fingerprint density at radius 2 is 1.37 bits per heavy atom. The predicted octanol–water partition coefficient (Wildman–Crippen LogP) is 6.99. The van der Waals surface area contributed by atoms with E-state index in [2.05, 4.69) is 100.0 Å². The normalized spacial score (nSPS) is 12.3. The van der Waals surface area contributed by atoms with Gasteiger partial charge in [0.1, 0.15) is 5.71 Å². The average molecular weight is 396 g/mol. The first-order chi connectivity index (χ1) is 14.5. The van der Waals surface area contributed by atoms with Gasteiger partial charge >= 0.3 is 0 Å². The monoisotopic (exact) mass is 395 g/mol. The summed E-state index contributed by atoms with van der Waals surface area (Å²) in [7, 11) is 2.07. The van der Waals surface area contributed by atoms with E-state index < -0.39 is 0 Å². The van der Waals surface area contributed by atoms with Crippen LogP contribution in [-0.4, -0.2) is 15.3 Å². The van der Waals surface area contributed by atoms with Gasteiger partial charge in [-0.05, 0) is 35.1 Å². The van der Waals surface area contributed by atoms with Gasteiger partial charge in [0.05, 0.1) is 16.7 Å². The van der Waals surface area contributed by atoms with E-state index in [1.54, 1.807) is 0 Å². The SMILES string of the molecule is CC(C)c1cccc(C(C)C)c1/N=C(\c1ccccc1)c1nc2ccccc2n1C. The van der Waals surface area contributed by atoms with Crippen LogP contribution in [0.5, 0.6) is 0 Å². The van der Waals surface area contributed by atoms with E-state index >= 15 is 0 Å². The van der Waals surface area contributed by atoms with Crippen LogP contribution in [0.4, 0.5) is 5.69 Å². The molecule has 0 bridgehead atoms. The van der Waals surface area contributed by atoms with Gasteiger partial charge in [0.2, 0.25) is 0 Å². The third-order valence-electron chi connectivity index (χ3n) is 5.61. The second-order valence-corrected chi connectivity index (χ2v) is 8.40. The van der Waals surface area contributed by atoms with E-state index in [1.165, 1.54) is 11.1 Å². The van der Waals surface area contributed by atoms with E-state index in [4.69, 9.17) is 9.98 Å². The van der Waals surface area contributed by atoms with Gasteiger partial charge < -0.3 is 4.57 Å². The molecule has 3 nitrogen and oxygen atoms in total. The molecule has 152 valence electrons. The van der Waals surface area contributed by atoms with Crippen molar-refractivity contribution in [3.05, 3.63) is 95.3 Å². The van der Waals surface area contributed by atoms with Crippen molar-refractivity contribution >= 4 is 22.4 Å². The number of benzene rings is 3. The number of rotatable bonds is 5. The van der Waals surface area contributed by atoms with Crippen molar-refractivity contribution in [2.45, 2.75) is 39.5 Å². The molecule has 4 rings (SSSR count). The highest BCUT2D eigenvalue weighted by atomic mass is 15.1. The van der Waals surface area contributed by atoms with Crippen molar-refractivity contribution in [1.29, 1.82) is 0 Å². The molecule has 0 saturated heterocycles. The molecule has 1 aromatic heterocycles. The zero-order valence-corrected chi connectivity index (χ0v) is 18.4. The molecule has 0 radical (unpaired) electrons. The molecule has 0 atom stereocenters. The summed E-state index contributed by atoms with van der Waals surface area (Å²) in [5, 5.41) is 0. The van der Waals surface area contributed by atoms with Crippen LogP contribution in [0.1, 0.15) is 62.0 Å². The van der Waals surface area contributed by atoms with Crippen LogP contribution in [0.15, 0.2) is 77.8 Å². The number of aliphatic imine (C=N–C) groups is 1. The van der Waals surface area contributed by atoms with Gasteiger partial charge in [-0.3, -0.25) is 0 Å². The Morgan fingerprint density at radius 3 is 1.97 bits per heavy atom. The summed E-state index contributed by atoms with van der Waals surface area (Å²) in [5.41, 5.74) is 7.70. The topological polar surface area (TPSA) is 30.2 Å². The highest BCUT2D eigenvalue weighted by molar-refractivity contribution is 6.13. The molecule has 0 saturated carbocycles. The second kappa shape index (κ2) is 8.27. The predicted molar refractivity (Wildman–Crippen MR) is 127 cm³/mol. The lowest BCUT2D eigenvalue weighted by atomic mass is 9.92. The van der Waals surface area contributed by atoms with Crippen LogP contribution in [0.3, 0.4) is 0 Å². The largest absolute Gasteiger partial charge is 0.326 e. The molecule has 0 amide bonds. The lowest BCUT2D eigenvalue weighted by Crippen LogP contribution is -2.11. The highest BCUT2D eigenvalue weighted by Gasteiger charge is 2.19. The highest BCUT2D eigenvalue weighted by Crippen LogP contribution is 2.36. The molecule has 4 aromatic rings. The summed E-state index contributed by atoms with van der Waals surface area (Å²) in [5.74, 6) is 1.66. The van der Waals surface area contributed by atoms with E-state index in [1.807, 2.05) is 12.1 Å². The smallest absolute Gasteiger partial charge is 0.160 e. The minimum absolute atomic E-state index is 0.389. The number of hydrogen-bond acceptors (Lipinski definition) is 2. The number of aryl methyl sites for hydroxylation is 1. The molecule has 0 aliphatic heterocycles. The molecule has 0 aliphatic carbocycles. The summed E-state index contributed by atoms with van der Waals surface area (Å²) in [6.45, 7) is 8.93. The number of nitrogens with zero attached hydrogens (tertiary/aromatic N) is 3. The maximum atomic E-state index is 5.33. The summed E-state index contributed by atoms with van der Waals surface area (Å²) in [6.07, 6.45) is 0. The number of para-hydroxylation sites is 3. The van der Waals surface area contributed by atoms with Crippen LogP contribution in [-0.2, 0) is 7.05 Å². The fraction of sp³-hybridized carbons (Fsp3) is 0.259. The Morgan fingerprint density at radius 1 is 0.767 bits per heavy atom. The van der Waals surface area contributed by atoms with Gasteiger partial charge in [0, 0.05) is 12.6 Å². The second-order valence-electron chi connectivity index (χ2n) is 8.40. The minimum Gasteiger partial charge on any atom is -0.326 e. The third-order valence-corrected chi connectivity index (χ3v) is 5.61. The maximum absolute atomic E-state index is 5.33. The minimum atomic E-state index is 0.389. The fourth-order valence-electron chi connectivity index (χ4n) is 3.95. The number of aromatic nitrogens is 2. The molecular weight excluding hydrogens is 366 g/mol. The zero-order chi connectivity index (χ0) is 21.3. The molecule has 3 heteroatoms. The molecule has 0 unspecified atom stereocenters. The first-order valence-corrected chi connectivity index (χ1v) is 10.7. The van der Waals surface area contributed by atoms with Gasteiger partial charge in [-0.2, -0.15) is 0 Å². The van der Waals surface area contributed by atoms with Crippen LogP contribution in [0.25, 0.3) is 11.0 Å². The average Bonchev–Trinajstić information content (AvgIpc) is 3.08. The summed E-state index contributed by atoms with van der Waals surface area (Å²) in [4.78, 5) is 10.3. The first kappa shape index (κ1) is 20.1. The van der Waals surface area contributed by atoms with Crippen LogP contribution in [0.2, 0.25) is 0 Å². The lowest BCUT2D eigenvalue weighted by Gasteiger charge is -2.18. The quantitative estimate of drug-likeness (QED) is 0.335. The molecule has 0 aliphatic rings. The Labute approximate surface area is 179 Å². The number of imidazole rings is 1. The van der Waals surface area contributed by atoms with Crippen LogP contribution < -0.4 is 0 Å². The van der Waals surface area contributed by atoms with Crippen LogP contribution in [0, 0.1) is 0 Å². The van der Waals surface area contributed by atoms with Crippen molar-refractivity contribution in [3.63, 3.8) is 0 Å². The Bertz CT molecular complexity index is 1170. The van der Waals surface area contributed by atoms with Crippen molar-refractivity contribution in [1.82, 2.24) is 9.55 Å². The van der Waals surface area contributed by atoms with Crippen molar-refractivity contribution in [3.8, 4) is 0 Å². The molecule has 3 aromatic carbocycles. The Hall–Kier alpha value is -3.20. The van der Waals surface area contributed by atoms with Crippen molar-refractivity contribution < 1.29 is 0 Å². The molecular formula is C27H29N3. The maximum Gasteiger partial charge on any atom is 0.160 e. The van der Waals surface area contributed by atoms with Crippen LogP contribution >= 0.6 is 0 Å². The Balaban J connectivity index is 2.04. The van der Waals surface area contributed by atoms with Gasteiger partial charge in [-0.15, -0.1) is 0 Å². The first-order valence-electron chi connectivity index (χ1n) is 10.7. The zero-order valence-electron chi connectivity index (χ0n) is 18.4. The van der Waals surface area contributed by atoms with E-state index in [0.29, 0.717) is 11.8 Å². The van der Waals surface area contributed by atoms with Crippen molar-refractivity contribution in [2.24, 2.45) is 12.0 Å². The van der Waals surface area contributed by atoms with Gasteiger partial charge in [-0.25, -0.2) is 9.98 Å². The third kappa shape index (κ3) is 3.68. The van der Waals surface area contributed by atoms with E-state index in [0.717, 1.165) is 33.8 Å². The standard InChI is InChI=1S/C27H29N3/c1-18(2)21-14-11-15-22(19(3)4)26(21)29-25(20-12-7-6-8-13-20)27-28-23-16-9-10-17-24(23)30(27)5/h6-19H,1-5H3/b29-25+. The molecule has 30 heavy (non-hydrogen) atoms. The molecule has 0 fully saturated rings. The molecule has 1 heterocycles. The van der Waals surface area contributed by atoms with Gasteiger partial charge in [0.25, 0.3) is 0 Å². The van der Waals surface area contributed by atoms with Gasteiger partial charge in [0.15, 0.2) is 5.82 Å². The molecule has 0 spiro atoms. The molecule has 0 N–H and O–H groups in total. The summed E-state index contributed by atoms with van der Waals surface area (Å²) < 4.78 is 2.15. The lowest BCUT2D eigenvalue weighted by molar-refractivity contribution is 0.834. The summed E-state index contributed by atoms with van der Waals surface area (Å²) in [6, 6.07) is 25.2. The fourth-order valence-corrected chi connectivity index (χ4v) is 3.95. The van der Waals surface area contributed by atoms with E-state index in [-0.39, 0.29) is 0 Å². The number of hydrogen-bond donors (Lipinski definition) is 0. The van der Waals surface area contributed by atoms with E-state index in [9.17, 15) is 0 Å². The van der Waals surface area contributed by atoms with Gasteiger partial charge in [-0.1, -0.05) is 88.4 Å².